The van der Waals surface area contributed by atoms with Crippen molar-refractivity contribution in [3.8, 4) is 25.1 Å². The molecular formula is C12H15ClNO4PS2. The molecule has 0 aliphatic heterocycles. The van der Waals surface area contributed by atoms with Crippen molar-refractivity contribution in [1.29, 1.82) is 0 Å². The van der Waals surface area contributed by atoms with Gasteiger partial charge in [-0.15, -0.1) is 0 Å². The Bertz CT molecular complexity index is 857. The van der Waals surface area contributed by atoms with E-state index in [-0.39, 0.29) is 11.6 Å². The molecule has 0 aliphatic carbocycles. The van der Waals surface area contributed by atoms with Gasteiger partial charge in [-0.05, 0) is 23.5 Å². The summed E-state index contributed by atoms with van der Waals surface area (Å²) in [6, 6.07) is 4.86. The minimum Gasteiger partial charge on any atom is -0.408 e. The van der Waals surface area contributed by atoms with E-state index in [0.717, 1.165) is 11.4 Å². The SMILES string of the molecule is C#COP(=S)(OC#C)SCn1c(=O)oc2cc(Cl)ccc21.[HH].[HH].[HH].[HH]. The molecule has 1 aromatic carbocycles. The topological polar surface area (TPSA) is 53.6 Å². The molecule has 0 aliphatic rings. The van der Waals surface area contributed by atoms with Gasteiger partial charge in [-0.2, -0.15) is 0 Å². The first-order chi connectivity index (χ1) is 9.99. The van der Waals surface area contributed by atoms with E-state index in [2.05, 4.69) is 0 Å². The Hall–Kier alpha value is -1.50. The second kappa shape index (κ2) is 6.51. The van der Waals surface area contributed by atoms with Crippen molar-refractivity contribution in [1.82, 2.24) is 4.57 Å². The predicted octanol–water partition coefficient (Wildman–Crippen LogP) is 4.36. The van der Waals surface area contributed by atoms with Crippen LogP contribution in [-0.2, 0) is 26.7 Å². The first-order valence-electron chi connectivity index (χ1n) is 5.31. The van der Waals surface area contributed by atoms with Crippen molar-refractivity contribution in [2.45, 2.75) is 5.88 Å². The lowest BCUT2D eigenvalue weighted by Gasteiger charge is -2.14. The summed E-state index contributed by atoms with van der Waals surface area (Å²) in [5, 5.41) is 0.465. The molecule has 0 N–H and O–H groups in total. The average Bonchev–Trinajstić information content (AvgIpc) is 2.71. The zero-order valence-corrected chi connectivity index (χ0v) is 13.6. The normalized spacial score (nSPS) is 10.8. The smallest absolute Gasteiger partial charge is 0.408 e. The molecule has 0 radical (unpaired) electrons. The van der Waals surface area contributed by atoms with Crippen molar-refractivity contribution in [3.63, 3.8) is 0 Å². The molecule has 9 heteroatoms. The summed E-state index contributed by atoms with van der Waals surface area (Å²) >= 11 is 12.0. The second-order valence-corrected chi connectivity index (χ2v) is 10.1. The lowest BCUT2D eigenvalue weighted by molar-refractivity contribution is 0.464. The molecule has 2 rings (SSSR count). The molecule has 0 amide bonds. The molecule has 0 fully saturated rings. The molecule has 0 atom stereocenters. The lowest BCUT2D eigenvalue weighted by atomic mass is 10.3. The Labute approximate surface area is 140 Å². The summed E-state index contributed by atoms with van der Waals surface area (Å²) in [6.45, 7) is 0. The van der Waals surface area contributed by atoms with Crippen LogP contribution >= 0.6 is 28.7 Å². The van der Waals surface area contributed by atoms with Crippen LogP contribution in [0.15, 0.2) is 27.4 Å². The Balaban J connectivity index is -0.00000121. The van der Waals surface area contributed by atoms with Crippen LogP contribution in [-0.4, -0.2) is 4.57 Å². The van der Waals surface area contributed by atoms with Crippen LogP contribution in [0.5, 0.6) is 0 Å². The van der Waals surface area contributed by atoms with E-state index >= 15 is 0 Å². The summed E-state index contributed by atoms with van der Waals surface area (Å²) in [4.78, 5) is 11.8. The first-order valence-corrected chi connectivity index (χ1v) is 9.91. The van der Waals surface area contributed by atoms with Gasteiger partial charge in [0.1, 0.15) is 12.2 Å². The van der Waals surface area contributed by atoms with Gasteiger partial charge < -0.3 is 13.5 Å². The maximum Gasteiger partial charge on any atom is 0.420 e. The maximum atomic E-state index is 11.8. The van der Waals surface area contributed by atoms with E-state index in [1.165, 1.54) is 4.57 Å². The number of terminal acetylenes is 2. The molecule has 0 saturated heterocycles. The fourth-order valence-corrected chi connectivity index (χ4v) is 4.58. The van der Waals surface area contributed by atoms with Crippen LogP contribution in [0.25, 0.3) is 11.1 Å². The second-order valence-electron chi connectivity index (χ2n) is 3.53. The molecule has 5 nitrogen and oxygen atoms in total. The van der Waals surface area contributed by atoms with Gasteiger partial charge in [-0.25, -0.2) is 4.79 Å². The molecule has 21 heavy (non-hydrogen) atoms. The summed E-state index contributed by atoms with van der Waals surface area (Å²) in [5.41, 5.74) is -1.98. The monoisotopic (exact) mass is 367 g/mol. The number of halogens is 1. The van der Waals surface area contributed by atoms with Crippen molar-refractivity contribution in [2.24, 2.45) is 0 Å². The van der Waals surface area contributed by atoms with E-state index in [1.807, 2.05) is 12.2 Å². The molecule has 0 saturated carbocycles. The van der Waals surface area contributed by atoms with E-state index in [9.17, 15) is 4.79 Å². The number of nitrogens with zero attached hydrogens (tertiary/aromatic N) is 1. The van der Waals surface area contributed by atoms with Crippen molar-refractivity contribution >= 4 is 51.6 Å². The van der Waals surface area contributed by atoms with Crippen LogP contribution in [0, 0.1) is 25.1 Å². The van der Waals surface area contributed by atoms with Gasteiger partial charge in [0, 0.05) is 28.6 Å². The third-order valence-electron chi connectivity index (χ3n) is 2.30. The van der Waals surface area contributed by atoms with Gasteiger partial charge >= 0.3 is 11.4 Å². The standard InChI is InChI=1S/C12H7ClNO4PS2.4H2/c1-3-16-19(20,17-4-2)21-8-14-10-6-5-9(13)7-11(10)18-12(14)15;;;;/h1-2,5-7H,8H2;4*1H. The van der Waals surface area contributed by atoms with Gasteiger partial charge in [0.15, 0.2) is 5.58 Å². The minimum absolute atomic E-state index is 0. The highest BCUT2D eigenvalue weighted by Crippen LogP contribution is 2.61. The van der Waals surface area contributed by atoms with E-state index in [4.69, 9.17) is 49.7 Å². The molecule has 1 aromatic heterocycles. The Kier molecular flexibility index (Phi) is 4.92. The number of rotatable bonds is 5. The zero-order valence-electron chi connectivity index (χ0n) is 10.3. The lowest BCUT2D eigenvalue weighted by Crippen LogP contribution is -2.12. The predicted molar refractivity (Wildman–Crippen MR) is 95.7 cm³/mol. The number of hydrogen-bond donors (Lipinski definition) is 0. The molecule has 0 unspecified atom stereocenters. The van der Waals surface area contributed by atoms with Crippen molar-refractivity contribution < 1.29 is 19.2 Å². The van der Waals surface area contributed by atoms with Crippen LogP contribution in [0.2, 0.25) is 5.02 Å². The molecule has 2 aromatic rings. The van der Waals surface area contributed by atoms with Crippen LogP contribution in [0.1, 0.15) is 5.71 Å². The highest BCUT2D eigenvalue weighted by Gasteiger charge is 2.23. The zero-order chi connectivity index (χ0) is 15.5. The highest BCUT2D eigenvalue weighted by atomic mass is 35.5. The third kappa shape index (κ3) is 3.58. The molecule has 1 heterocycles. The Morgan fingerprint density at radius 3 is 2.76 bits per heavy atom. The summed E-state index contributed by atoms with van der Waals surface area (Å²) in [6.07, 6.45) is 14.0. The van der Waals surface area contributed by atoms with E-state index < -0.39 is 11.4 Å². The number of benzene rings is 1. The van der Waals surface area contributed by atoms with Gasteiger partial charge in [-0.3, -0.25) is 4.57 Å². The fraction of sp³-hybridized carbons (Fsp3) is 0.0833. The molecular weight excluding hydrogens is 353 g/mol. The molecule has 0 spiro atoms. The third-order valence-corrected chi connectivity index (χ3v) is 7.03. The molecule has 116 valence electrons. The number of aromatic nitrogens is 1. The maximum absolute atomic E-state index is 11.8. The van der Waals surface area contributed by atoms with Gasteiger partial charge in [-0.1, -0.05) is 24.4 Å². The van der Waals surface area contributed by atoms with Crippen molar-refractivity contribution in [2.75, 3.05) is 0 Å². The Morgan fingerprint density at radius 1 is 1.48 bits per heavy atom. The largest absolute Gasteiger partial charge is 0.420 e. The highest BCUT2D eigenvalue weighted by molar-refractivity contribution is 8.67. The van der Waals surface area contributed by atoms with E-state index in [0.29, 0.717) is 16.1 Å². The average molecular weight is 368 g/mol. The van der Waals surface area contributed by atoms with Crippen LogP contribution in [0.3, 0.4) is 0 Å². The number of fused-ring (bicyclic) bond motifs is 1. The molecule has 0 bridgehead atoms. The first kappa shape index (κ1) is 15.9. The number of hydrogen-bond acceptors (Lipinski definition) is 6. The van der Waals surface area contributed by atoms with Gasteiger partial charge in [0.2, 0.25) is 0 Å². The summed E-state index contributed by atoms with van der Waals surface area (Å²) < 4.78 is 16.3. The summed E-state index contributed by atoms with van der Waals surface area (Å²) in [7, 11) is 0. The van der Waals surface area contributed by atoms with Gasteiger partial charge in [0.05, 0.1) is 11.4 Å². The van der Waals surface area contributed by atoms with Crippen molar-refractivity contribution in [3.05, 3.63) is 33.8 Å². The summed E-state index contributed by atoms with van der Waals surface area (Å²) in [5.74, 6) is -0.434. The minimum atomic E-state index is -2.92. The van der Waals surface area contributed by atoms with Crippen LogP contribution in [0.4, 0.5) is 0 Å². The number of oxazole rings is 1. The fourth-order valence-electron chi connectivity index (χ4n) is 1.49. The quantitative estimate of drug-likeness (QED) is 0.578. The van der Waals surface area contributed by atoms with E-state index in [1.54, 1.807) is 18.2 Å². The Morgan fingerprint density at radius 2 is 2.14 bits per heavy atom. The van der Waals surface area contributed by atoms with Crippen LogP contribution < -0.4 is 5.76 Å². The van der Waals surface area contributed by atoms with Gasteiger partial charge in [0.25, 0.3) is 0 Å².